The van der Waals surface area contributed by atoms with Gasteiger partial charge in [-0.25, -0.2) is 9.47 Å². The molecule has 32 heavy (non-hydrogen) atoms. The lowest BCUT2D eigenvalue weighted by Crippen LogP contribution is -2.16. The number of nitrogens with two attached hydrogens (primary N) is 1. The molecular formula is C22H25N5O4S. The minimum absolute atomic E-state index is 0.0960. The lowest BCUT2D eigenvalue weighted by atomic mass is 10.2. The van der Waals surface area contributed by atoms with Gasteiger partial charge in [-0.3, -0.25) is 4.79 Å². The molecule has 0 saturated carbocycles. The number of carbonyl (C=O) groups is 2. The smallest absolute Gasteiger partial charge is 0.338 e. The van der Waals surface area contributed by atoms with Gasteiger partial charge in [0.25, 0.3) is 0 Å². The van der Waals surface area contributed by atoms with Crippen LogP contribution in [-0.2, 0) is 9.53 Å². The van der Waals surface area contributed by atoms with Crippen LogP contribution < -0.4 is 15.9 Å². The number of nitrogen functional groups attached to an aromatic ring is 1. The molecule has 0 fully saturated rings. The molecule has 168 valence electrons. The first-order valence-corrected chi connectivity index (χ1v) is 11.0. The average molecular weight is 456 g/mol. The number of hydrogen-bond donors (Lipinski definition) is 2. The topological polar surface area (TPSA) is 121 Å². The van der Waals surface area contributed by atoms with Crippen LogP contribution in [0.1, 0.15) is 30.1 Å². The first kappa shape index (κ1) is 23.1. The summed E-state index contributed by atoms with van der Waals surface area (Å²) in [5.74, 6) is 6.80. The maximum atomic E-state index is 12.3. The molecule has 0 atom stereocenters. The lowest BCUT2D eigenvalue weighted by Gasteiger charge is -2.07. The van der Waals surface area contributed by atoms with Gasteiger partial charge in [0, 0.05) is 11.3 Å². The molecule has 3 aromatic rings. The number of methoxy groups -OCH3 is 1. The largest absolute Gasteiger partial charge is 0.497 e. The number of nitrogens with one attached hydrogen (secondary N) is 1. The van der Waals surface area contributed by atoms with Crippen LogP contribution in [0.3, 0.4) is 0 Å². The number of nitrogens with zero attached hydrogens (tertiary/aromatic N) is 3. The fourth-order valence-electron chi connectivity index (χ4n) is 2.72. The number of ether oxygens (including phenoxy) is 2. The van der Waals surface area contributed by atoms with E-state index in [1.165, 1.54) is 16.4 Å². The fourth-order valence-corrected chi connectivity index (χ4v) is 3.38. The van der Waals surface area contributed by atoms with Crippen LogP contribution in [0.25, 0.3) is 11.4 Å². The first-order chi connectivity index (χ1) is 15.5. The van der Waals surface area contributed by atoms with E-state index < -0.39 is 0 Å². The highest BCUT2D eigenvalue weighted by Gasteiger charge is 2.14. The Balaban J connectivity index is 1.52. The standard InChI is InChI=1S/C22H25N5O4S/c1-3-4-13-31-21(29)16-5-9-17(10-6-16)24-19(28)14-32-22-26-25-20(27(22)23)15-7-11-18(30-2)12-8-15/h5-12H,3-4,13-14,23H2,1-2H3,(H,24,28). The Hall–Kier alpha value is -3.53. The van der Waals surface area contributed by atoms with Gasteiger partial charge in [0.2, 0.25) is 11.1 Å². The predicted molar refractivity (Wildman–Crippen MR) is 123 cm³/mol. The molecule has 0 aliphatic heterocycles. The molecule has 0 saturated heterocycles. The fraction of sp³-hybridized carbons (Fsp3) is 0.273. The van der Waals surface area contributed by atoms with Crippen molar-refractivity contribution in [3.05, 3.63) is 54.1 Å². The monoisotopic (exact) mass is 455 g/mol. The van der Waals surface area contributed by atoms with Gasteiger partial charge in [-0.15, -0.1) is 10.2 Å². The summed E-state index contributed by atoms with van der Waals surface area (Å²) in [6.45, 7) is 2.43. The van der Waals surface area contributed by atoms with Crippen LogP contribution >= 0.6 is 11.8 Å². The Morgan fingerprint density at radius 3 is 2.47 bits per heavy atom. The Morgan fingerprint density at radius 2 is 1.81 bits per heavy atom. The van der Waals surface area contributed by atoms with E-state index >= 15 is 0 Å². The number of esters is 1. The molecule has 0 aliphatic rings. The molecule has 0 aliphatic carbocycles. The molecule has 3 rings (SSSR count). The van der Waals surface area contributed by atoms with E-state index in [1.807, 2.05) is 19.1 Å². The summed E-state index contributed by atoms with van der Waals surface area (Å²) in [6.07, 6.45) is 1.79. The molecule has 1 heterocycles. The third-order valence-electron chi connectivity index (χ3n) is 4.48. The summed E-state index contributed by atoms with van der Waals surface area (Å²) in [6, 6.07) is 13.8. The number of unbranched alkanes of at least 4 members (excludes halogenated alkanes) is 1. The molecule has 0 spiro atoms. The third-order valence-corrected chi connectivity index (χ3v) is 5.42. The molecule has 3 N–H and O–H groups in total. The number of amides is 1. The van der Waals surface area contributed by atoms with Crippen molar-refractivity contribution in [1.82, 2.24) is 14.9 Å². The molecule has 2 aromatic carbocycles. The quantitative estimate of drug-likeness (QED) is 0.207. The van der Waals surface area contributed by atoms with E-state index in [0.717, 1.165) is 24.2 Å². The number of hydrogen-bond acceptors (Lipinski definition) is 8. The van der Waals surface area contributed by atoms with Crippen molar-refractivity contribution in [3.8, 4) is 17.1 Å². The average Bonchev–Trinajstić information content (AvgIpc) is 3.18. The highest BCUT2D eigenvalue weighted by atomic mass is 32.2. The maximum absolute atomic E-state index is 12.3. The van der Waals surface area contributed by atoms with Gasteiger partial charge in [0.1, 0.15) is 5.75 Å². The first-order valence-electron chi connectivity index (χ1n) is 10.1. The van der Waals surface area contributed by atoms with E-state index in [0.29, 0.717) is 28.8 Å². The molecule has 10 heteroatoms. The number of anilines is 1. The SMILES string of the molecule is CCCCOC(=O)c1ccc(NC(=O)CSc2nnc(-c3ccc(OC)cc3)n2N)cc1. The predicted octanol–water partition coefficient (Wildman–Crippen LogP) is 3.36. The third kappa shape index (κ3) is 6.01. The van der Waals surface area contributed by atoms with E-state index in [1.54, 1.807) is 43.5 Å². The number of thioether (sulfide) groups is 1. The normalized spacial score (nSPS) is 10.6. The molecule has 0 unspecified atom stereocenters. The van der Waals surface area contributed by atoms with E-state index in [2.05, 4.69) is 15.5 Å². The van der Waals surface area contributed by atoms with Crippen molar-refractivity contribution in [1.29, 1.82) is 0 Å². The maximum Gasteiger partial charge on any atom is 0.338 e. The zero-order valence-corrected chi connectivity index (χ0v) is 18.7. The Labute approximate surface area is 190 Å². The van der Waals surface area contributed by atoms with Gasteiger partial charge in [-0.1, -0.05) is 25.1 Å². The van der Waals surface area contributed by atoms with Crippen LogP contribution in [0.2, 0.25) is 0 Å². The molecule has 0 radical (unpaired) electrons. The Bertz CT molecular complexity index is 1050. The zero-order valence-electron chi connectivity index (χ0n) is 17.9. The molecule has 1 aromatic heterocycles. The summed E-state index contributed by atoms with van der Waals surface area (Å²) < 4.78 is 11.7. The van der Waals surface area contributed by atoms with Crippen molar-refractivity contribution in [3.63, 3.8) is 0 Å². The van der Waals surface area contributed by atoms with Crippen LogP contribution in [-0.4, -0.2) is 46.2 Å². The van der Waals surface area contributed by atoms with Crippen molar-refractivity contribution in [2.24, 2.45) is 0 Å². The number of benzene rings is 2. The van der Waals surface area contributed by atoms with Gasteiger partial charge >= 0.3 is 5.97 Å². The summed E-state index contributed by atoms with van der Waals surface area (Å²) in [5, 5.41) is 11.4. The number of carbonyl (C=O) groups excluding carboxylic acids is 2. The van der Waals surface area contributed by atoms with Crippen molar-refractivity contribution >= 4 is 29.3 Å². The van der Waals surface area contributed by atoms with Gasteiger partial charge in [-0.2, -0.15) is 0 Å². The Morgan fingerprint density at radius 1 is 1.09 bits per heavy atom. The summed E-state index contributed by atoms with van der Waals surface area (Å²) in [4.78, 5) is 24.2. The molecule has 9 nitrogen and oxygen atoms in total. The van der Waals surface area contributed by atoms with Gasteiger partial charge in [0.15, 0.2) is 5.82 Å². The van der Waals surface area contributed by atoms with Crippen molar-refractivity contribution < 1.29 is 19.1 Å². The van der Waals surface area contributed by atoms with E-state index in [9.17, 15) is 9.59 Å². The van der Waals surface area contributed by atoms with Crippen molar-refractivity contribution in [2.75, 3.05) is 30.6 Å². The van der Waals surface area contributed by atoms with E-state index in [4.69, 9.17) is 15.3 Å². The molecular weight excluding hydrogens is 430 g/mol. The van der Waals surface area contributed by atoms with Crippen molar-refractivity contribution in [2.45, 2.75) is 24.9 Å². The summed E-state index contributed by atoms with van der Waals surface area (Å²) in [7, 11) is 1.59. The second kappa shape index (κ2) is 11.2. The van der Waals surface area contributed by atoms with Gasteiger partial charge in [0.05, 0.1) is 25.0 Å². The van der Waals surface area contributed by atoms with Crippen LogP contribution in [0.5, 0.6) is 5.75 Å². The van der Waals surface area contributed by atoms with Gasteiger partial charge in [-0.05, 0) is 55.0 Å². The van der Waals surface area contributed by atoms with Crippen LogP contribution in [0, 0.1) is 0 Å². The van der Waals surface area contributed by atoms with Crippen LogP contribution in [0.15, 0.2) is 53.7 Å². The minimum Gasteiger partial charge on any atom is -0.497 e. The number of rotatable bonds is 10. The minimum atomic E-state index is -0.373. The lowest BCUT2D eigenvalue weighted by molar-refractivity contribution is -0.113. The second-order valence-electron chi connectivity index (χ2n) is 6.81. The highest BCUT2D eigenvalue weighted by molar-refractivity contribution is 7.99. The highest BCUT2D eigenvalue weighted by Crippen LogP contribution is 2.23. The zero-order chi connectivity index (χ0) is 22.9. The number of aromatic nitrogens is 3. The molecule has 1 amide bonds. The van der Waals surface area contributed by atoms with Gasteiger partial charge < -0.3 is 20.6 Å². The molecule has 0 bridgehead atoms. The second-order valence-corrected chi connectivity index (χ2v) is 7.75. The van der Waals surface area contributed by atoms with E-state index in [-0.39, 0.29) is 17.6 Å². The van der Waals surface area contributed by atoms with Crippen LogP contribution in [0.4, 0.5) is 5.69 Å². The summed E-state index contributed by atoms with van der Waals surface area (Å²) in [5.41, 5.74) is 1.80. The summed E-state index contributed by atoms with van der Waals surface area (Å²) >= 11 is 1.17. The Kier molecular flexibility index (Phi) is 8.09.